The second-order valence-electron chi connectivity index (χ2n) is 3.16. The number of hydrogen-bond acceptors (Lipinski definition) is 3. The zero-order valence-electron chi connectivity index (χ0n) is 7.36. The molecule has 3 aromatic rings. The monoisotopic (exact) mass is 267 g/mol. The number of aryl methyl sites for hydroxylation is 1. The van der Waals surface area contributed by atoms with Crippen molar-refractivity contribution in [2.24, 2.45) is 0 Å². The molecular formula is C9H6BrN3S. The van der Waals surface area contributed by atoms with Gasteiger partial charge in [0.25, 0.3) is 0 Å². The lowest BCUT2D eigenvalue weighted by Gasteiger charge is -1.97. The normalized spacial score (nSPS) is 11.6. The topological polar surface area (TPSA) is 30.2 Å². The van der Waals surface area contributed by atoms with E-state index in [0.29, 0.717) is 0 Å². The molecule has 0 saturated heterocycles. The van der Waals surface area contributed by atoms with Gasteiger partial charge in [-0.2, -0.15) is 0 Å². The summed E-state index contributed by atoms with van der Waals surface area (Å²) < 4.78 is 4.38. The van der Waals surface area contributed by atoms with Gasteiger partial charge in [0.1, 0.15) is 6.33 Å². The van der Waals surface area contributed by atoms with E-state index in [1.165, 1.54) is 15.8 Å². The number of nitrogens with zero attached hydrogens (tertiary/aromatic N) is 3. The van der Waals surface area contributed by atoms with Crippen LogP contribution in [-0.4, -0.2) is 14.6 Å². The number of aromatic nitrogens is 3. The van der Waals surface area contributed by atoms with Gasteiger partial charge in [-0.05, 0) is 24.6 Å². The van der Waals surface area contributed by atoms with Crippen LogP contribution in [0.15, 0.2) is 22.9 Å². The minimum Gasteiger partial charge on any atom is -0.272 e. The summed E-state index contributed by atoms with van der Waals surface area (Å²) in [6, 6.07) is 4.22. The third kappa shape index (κ3) is 1.02. The molecule has 0 N–H and O–H groups in total. The third-order valence-corrected chi connectivity index (χ3v) is 3.64. The Morgan fingerprint density at radius 1 is 1.43 bits per heavy atom. The van der Waals surface area contributed by atoms with Crippen molar-refractivity contribution in [2.45, 2.75) is 6.92 Å². The quantitative estimate of drug-likeness (QED) is 0.627. The maximum absolute atomic E-state index is 4.04. The Bertz CT molecular complexity index is 625. The molecule has 1 aromatic carbocycles. The lowest BCUT2D eigenvalue weighted by atomic mass is 10.2. The van der Waals surface area contributed by atoms with Gasteiger partial charge in [0.2, 0.25) is 4.96 Å². The molecular weight excluding hydrogens is 262 g/mol. The molecule has 0 bridgehead atoms. The molecule has 0 aliphatic rings. The second kappa shape index (κ2) is 2.77. The van der Waals surface area contributed by atoms with Gasteiger partial charge in [-0.25, -0.2) is 0 Å². The van der Waals surface area contributed by atoms with Gasteiger partial charge in [-0.3, -0.25) is 4.40 Å². The first kappa shape index (κ1) is 8.38. The lowest BCUT2D eigenvalue weighted by molar-refractivity contribution is 1.11. The minimum atomic E-state index is 0.946. The Morgan fingerprint density at radius 3 is 3.14 bits per heavy atom. The highest BCUT2D eigenvalue weighted by molar-refractivity contribution is 9.10. The molecule has 0 atom stereocenters. The number of thiazole rings is 1. The summed E-state index contributed by atoms with van der Waals surface area (Å²) in [7, 11) is 0. The van der Waals surface area contributed by atoms with Crippen molar-refractivity contribution in [3.8, 4) is 0 Å². The van der Waals surface area contributed by atoms with Gasteiger partial charge < -0.3 is 0 Å². The van der Waals surface area contributed by atoms with E-state index in [4.69, 9.17) is 0 Å². The Hall–Kier alpha value is -0.940. The molecule has 3 nitrogen and oxygen atoms in total. The van der Waals surface area contributed by atoms with Crippen molar-refractivity contribution in [1.82, 2.24) is 14.6 Å². The van der Waals surface area contributed by atoms with E-state index in [2.05, 4.69) is 45.2 Å². The minimum absolute atomic E-state index is 0.946. The van der Waals surface area contributed by atoms with E-state index in [9.17, 15) is 0 Å². The van der Waals surface area contributed by atoms with Crippen LogP contribution < -0.4 is 0 Å². The zero-order valence-corrected chi connectivity index (χ0v) is 9.76. The van der Waals surface area contributed by atoms with Gasteiger partial charge >= 0.3 is 0 Å². The van der Waals surface area contributed by atoms with Crippen LogP contribution in [0.1, 0.15) is 5.56 Å². The van der Waals surface area contributed by atoms with Crippen LogP contribution in [0.4, 0.5) is 0 Å². The first-order valence-electron chi connectivity index (χ1n) is 4.14. The average molecular weight is 268 g/mol. The first-order valence-corrected chi connectivity index (χ1v) is 5.75. The third-order valence-electron chi connectivity index (χ3n) is 2.19. The van der Waals surface area contributed by atoms with E-state index in [1.54, 1.807) is 17.7 Å². The fourth-order valence-electron chi connectivity index (χ4n) is 1.64. The molecule has 0 fully saturated rings. The maximum atomic E-state index is 4.04. The molecule has 2 aromatic heterocycles. The van der Waals surface area contributed by atoms with Crippen LogP contribution in [0.2, 0.25) is 0 Å². The molecule has 0 aliphatic carbocycles. The smallest absolute Gasteiger partial charge is 0.217 e. The predicted octanol–water partition coefficient (Wildman–Crippen LogP) is 3.01. The summed E-state index contributed by atoms with van der Waals surface area (Å²) in [5.41, 5.74) is 2.44. The second-order valence-corrected chi connectivity index (χ2v) is 5.08. The Labute approximate surface area is 92.5 Å². The van der Waals surface area contributed by atoms with Crippen molar-refractivity contribution >= 4 is 42.4 Å². The molecule has 0 aliphatic heterocycles. The van der Waals surface area contributed by atoms with E-state index >= 15 is 0 Å². The predicted molar refractivity (Wildman–Crippen MR) is 60.8 cm³/mol. The van der Waals surface area contributed by atoms with Crippen LogP contribution >= 0.6 is 27.3 Å². The number of rotatable bonds is 0. The largest absolute Gasteiger partial charge is 0.272 e. The van der Waals surface area contributed by atoms with E-state index in [-0.39, 0.29) is 0 Å². The molecule has 0 amide bonds. The zero-order chi connectivity index (χ0) is 9.71. The van der Waals surface area contributed by atoms with Gasteiger partial charge in [-0.1, -0.05) is 27.3 Å². The number of halogens is 1. The van der Waals surface area contributed by atoms with E-state index in [0.717, 1.165) is 9.43 Å². The molecule has 0 radical (unpaired) electrons. The number of benzene rings is 1. The molecule has 14 heavy (non-hydrogen) atoms. The van der Waals surface area contributed by atoms with Crippen molar-refractivity contribution in [3.63, 3.8) is 0 Å². The SMILES string of the molecule is Cc1cc(Br)cc2sc3nncn3c12. The highest BCUT2D eigenvalue weighted by Crippen LogP contribution is 2.30. The molecule has 2 heterocycles. The summed E-state index contributed by atoms with van der Waals surface area (Å²) in [5.74, 6) is 0. The fourth-order valence-corrected chi connectivity index (χ4v) is 3.42. The maximum Gasteiger partial charge on any atom is 0.217 e. The molecule has 5 heteroatoms. The Kier molecular flexibility index (Phi) is 1.66. The lowest BCUT2D eigenvalue weighted by Crippen LogP contribution is -1.82. The van der Waals surface area contributed by atoms with Crippen LogP contribution in [0, 0.1) is 6.92 Å². The standard InChI is InChI=1S/C9H6BrN3S/c1-5-2-6(10)3-7-8(5)13-4-11-12-9(13)14-7/h2-4H,1H3. The summed E-state index contributed by atoms with van der Waals surface area (Å²) >= 11 is 5.15. The van der Waals surface area contributed by atoms with Gasteiger partial charge in [0.15, 0.2) is 0 Å². The van der Waals surface area contributed by atoms with Crippen LogP contribution in [-0.2, 0) is 0 Å². The van der Waals surface area contributed by atoms with Crippen LogP contribution in [0.5, 0.6) is 0 Å². The number of hydrogen-bond donors (Lipinski definition) is 0. The van der Waals surface area contributed by atoms with Crippen molar-refractivity contribution < 1.29 is 0 Å². The van der Waals surface area contributed by atoms with Gasteiger partial charge in [-0.15, -0.1) is 10.2 Å². The molecule has 3 rings (SSSR count). The summed E-state index contributed by atoms with van der Waals surface area (Å²) in [5, 5.41) is 7.93. The summed E-state index contributed by atoms with van der Waals surface area (Å²) in [6.07, 6.45) is 1.76. The van der Waals surface area contributed by atoms with Crippen LogP contribution in [0.25, 0.3) is 15.2 Å². The molecule has 0 saturated carbocycles. The highest BCUT2D eigenvalue weighted by Gasteiger charge is 2.08. The number of fused-ring (bicyclic) bond motifs is 3. The van der Waals surface area contributed by atoms with Crippen molar-refractivity contribution in [3.05, 3.63) is 28.5 Å². The first-order chi connectivity index (χ1) is 6.75. The van der Waals surface area contributed by atoms with Crippen LogP contribution in [0.3, 0.4) is 0 Å². The summed E-state index contributed by atoms with van der Waals surface area (Å²) in [6.45, 7) is 2.10. The van der Waals surface area contributed by atoms with Crippen molar-refractivity contribution in [2.75, 3.05) is 0 Å². The molecule has 0 unspecified atom stereocenters. The Balaban J connectivity index is 2.62. The Morgan fingerprint density at radius 2 is 2.29 bits per heavy atom. The van der Waals surface area contributed by atoms with Gasteiger partial charge in [0.05, 0.1) is 10.2 Å². The van der Waals surface area contributed by atoms with Crippen molar-refractivity contribution in [1.29, 1.82) is 0 Å². The fraction of sp³-hybridized carbons (Fsp3) is 0.111. The summed E-state index contributed by atoms with van der Waals surface area (Å²) in [4.78, 5) is 0.946. The van der Waals surface area contributed by atoms with E-state index < -0.39 is 0 Å². The van der Waals surface area contributed by atoms with E-state index in [1.807, 2.05) is 4.40 Å². The average Bonchev–Trinajstić information content (AvgIpc) is 2.60. The van der Waals surface area contributed by atoms with Gasteiger partial charge in [0, 0.05) is 4.47 Å². The highest BCUT2D eigenvalue weighted by atomic mass is 79.9. The molecule has 0 spiro atoms. The molecule has 70 valence electrons.